The highest BCUT2D eigenvalue weighted by atomic mass is 16.3. The highest BCUT2D eigenvalue weighted by Crippen LogP contribution is 2.36. The zero-order chi connectivity index (χ0) is 25.0. The lowest BCUT2D eigenvalue weighted by Crippen LogP contribution is -2.39. The Morgan fingerprint density at radius 3 is 2.68 bits per heavy atom. The van der Waals surface area contributed by atoms with E-state index in [1.54, 1.807) is 10.9 Å². The molecule has 1 unspecified atom stereocenters. The van der Waals surface area contributed by atoms with Gasteiger partial charge in [0, 0.05) is 41.2 Å². The molecule has 37 heavy (non-hydrogen) atoms. The minimum absolute atomic E-state index is 0.0267. The van der Waals surface area contributed by atoms with Crippen LogP contribution in [0.2, 0.25) is 0 Å². The molecule has 1 saturated carbocycles. The second kappa shape index (κ2) is 10.9. The average Bonchev–Trinajstić information content (AvgIpc) is 3.65. The normalized spacial score (nSPS) is 22.8. The number of carbonyl (C=O) groups excluding carboxylic acids is 1. The number of nitrogens with zero attached hydrogens (tertiary/aromatic N) is 3. The molecule has 4 aliphatic rings. The van der Waals surface area contributed by atoms with E-state index in [-0.39, 0.29) is 11.9 Å². The van der Waals surface area contributed by atoms with Crippen molar-refractivity contribution in [2.75, 3.05) is 13.1 Å². The van der Waals surface area contributed by atoms with Gasteiger partial charge in [-0.25, -0.2) is 4.68 Å². The largest absolute Gasteiger partial charge is 0.464 e. The summed E-state index contributed by atoms with van der Waals surface area (Å²) in [4.78, 5) is 15.5. The van der Waals surface area contributed by atoms with Crippen LogP contribution in [0.3, 0.4) is 0 Å². The maximum atomic E-state index is 12.8. The van der Waals surface area contributed by atoms with Crippen molar-refractivity contribution < 1.29 is 9.21 Å². The first kappa shape index (κ1) is 24.0. The molecule has 0 radical (unpaired) electrons. The minimum Gasteiger partial charge on any atom is -0.464 e. The molecule has 2 aromatic rings. The number of hydrogen-bond acceptors (Lipinski definition) is 4. The standard InChI is InChI=1S/C31H36N4O2/c36-31(24-10-14-28(15-11-24)35-19-4-17-32-35)33-27-12-8-23(9-13-27)16-20-34-18-2-1-6-29(34)26-21-25-5-3-7-30(25)37-22-26/h3-5,7,10-11,14-15,17,19,21-23,27,29H,1-2,6,8-9,12-13,16,18,20H2,(H,33,36). The number of piperidine rings is 1. The van der Waals surface area contributed by atoms with Crippen molar-refractivity contribution in [2.24, 2.45) is 5.92 Å². The van der Waals surface area contributed by atoms with Gasteiger partial charge in [0.05, 0.1) is 12.0 Å². The van der Waals surface area contributed by atoms with Crippen LogP contribution in [0.1, 0.15) is 73.3 Å². The van der Waals surface area contributed by atoms with Gasteiger partial charge in [-0.3, -0.25) is 9.69 Å². The summed E-state index contributed by atoms with van der Waals surface area (Å²) in [5.41, 5.74) is 4.19. The quantitative estimate of drug-likeness (QED) is 0.318. The fourth-order valence-corrected chi connectivity index (χ4v) is 6.20. The van der Waals surface area contributed by atoms with Crippen LogP contribution in [0.5, 0.6) is 0 Å². The third kappa shape index (κ3) is 5.49. The van der Waals surface area contributed by atoms with E-state index in [0.29, 0.717) is 11.6 Å². The molecule has 3 heterocycles. The van der Waals surface area contributed by atoms with Crippen LogP contribution in [0.25, 0.3) is 17.0 Å². The number of hydrogen-bond donors (Lipinski definition) is 1. The highest BCUT2D eigenvalue weighted by Gasteiger charge is 2.28. The predicted molar refractivity (Wildman–Crippen MR) is 145 cm³/mol. The number of nitrogens with one attached hydrogen (secondary N) is 1. The number of aromatic nitrogens is 2. The van der Waals surface area contributed by atoms with Gasteiger partial charge in [-0.1, -0.05) is 18.6 Å². The van der Waals surface area contributed by atoms with E-state index in [0.717, 1.165) is 36.8 Å². The number of amides is 1. The lowest BCUT2D eigenvalue weighted by atomic mass is 9.83. The van der Waals surface area contributed by atoms with Gasteiger partial charge in [-0.15, -0.1) is 0 Å². The number of rotatable bonds is 7. The molecular formula is C31H36N4O2. The Hall–Kier alpha value is -3.38. The summed E-state index contributed by atoms with van der Waals surface area (Å²) in [6.07, 6.45) is 15.2. The average molecular weight is 497 g/mol. The smallest absolute Gasteiger partial charge is 0.251 e. The summed E-state index contributed by atoms with van der Waals surface area (Å²) < 4.78 is 7.71. The van der Waals surface area contributed by atoms with Crippen molar-refractivity contribution in [3.63, 3.8) is 0 Å². The van der Waals surface area contributed by atoms with E-state index in [4.69, 9.17) is 4.42 Å². The Balaban J connectivity index is 0.982. The van der Waals surface area contributed by atoms with Crippen LogP contribution >= 0.6 is 0 Å². The van der Waals surface area contributed by atoms with E-state index in [9.17, 15) is 4.79 Å². The second-order valence-electron chi connectivity index (χ2n) is 10.8. The van der Waals surface area contributed by atoms with Gasteiger partial charge in [-0.2, -0.15) is 5.10 Å². The van der Waals surface area contributed by atoms with Gasteiger partial charge in [0.25, 0.3) is 5.91 Å². The molecule has 1 N–H and O–H groups in total. The van der Waals surface area contributed by atoms with Crippen LogP contribution in [0, 0.1) is 5.92 Å². The molecule has 2 aliphatic carbocycles. The summed E-state index contributed by atoms with van der Waals surface area (Å²) in [5.74, 6) is 1.74. The zero-order valence-electron chi connectivity index (χ0n) is 21.4. The molecule has 1 atom stereocenters. The summed E-state index contributed by atoms with van der Waals surface area (Å²) in [7, 11) is 0. The highest BCUT2D eigenvalue weighted by molar-refractivity contribution is 5.94. The van der Waals surface area contributed by atoms with Gasteiger partial charge in [-0.05, 0) is 106 Å². The molecule has 1 aromatic heterocycles. The first-order valence-corrected chi connectivity index (χ1v) is 13.8. The van der Waals surface area contributed by atoms with Gasteiger partial charge in [0.1, 0.15) is 5.76 Å². The number of carbonyl (C=O) groups is 1. The Morgan fingerprint density at radius 1 is 1.00 bits per heavy atom. The van der Waals surface area contributed by atoms with Gasteiger partial charge in [0.2, 0.25) is 0 Å². The van der Waals surface area contributed by atoms with E-state index < -0.39 is 0 Å². The van der Waals surface area contributed by atoms with Crippen molar-refractivity contribution in [3.05, 3.63) is 84.4 Å². The van der Waals surface area contributed by atoms with E-state index in [1.807, 2.05) is 48.9 Å². The van der Waals surface area contributed by atoms with Crippen molar-refractivity contribution >= 4 is 5.91 Å². The molecule has 1 amide bonds. The van der Waals surface area contributed by atoms with E-state index in [1.165, 1.54) is 56.2 Å². The molecule has 192 valence electrons. The van der Waals surface area contributed by atoms with Crippen LogP contribution in [-0.4, -0.2) is 39.7 Å². The van der Waals surface area contributed by atoms with E-state index in [2.05, 4.69) is 33.5 Å². The molecule has 1 saturated heterocycles. The topological polar surface area (TPSA) is 63.3 Å². The summed E-state index contributed by atoms with van der Waals surface area (Å²) in [5, 5.41) is 7.52. The molecule has 6 rings (SSSR count). The first-order chi connectivity index (χ1) is 18.2. The fourth-order valence-electron chi connectivity index (χ4n) is 6.20. The molecule has 0 spiro atoms. The Labute approximate surface area is 219 Å². The summed E-state index contributed by atoms with van der Waals surface area (Å²) in [6, 6.07) is 18.8. The van der Waals surface area contributed by atoms with E-state index >= 15 is 0 Å². The van der Waals surface area contributed by atoms with Crippen LogP contribution < -0.4 is 5.32 Å². The third-order valence-electron chi connectivity index (χ3n) is 8.36. The molecule has 2 aliphatic heterocycles. The van der Waals surface area contributed by atoms with Crippen molar-refractivity contribution in [1.29, 1.82) is 0 Å². The molecule has 1 aromatic carbocycles. The van der Waals surface area contributed by atoms with Crippen molar-refractivity contribution in [2.45, 2.75) is 63.5 Å². The van der Waals surface area contributed by atoms with Gasteiger partial charge in [0.15, 0.2) is 0 Å². The molecule has 6 nitrogen and oxygen atoms in total. The summed E-state index contributed by atoms with van der Waals surface area (Å²) >= 11 is 0. The monoisotopic (exact) mass is 496 g/mol. The maximum absolute atomic E-state index is 12.8. The molecule has 2 fully saturated rings. The van der Waals surface area contributed by atoms with Crippen LogP contribution in [0.15, 0.2) is 77.7 Å². The third-order valence-corrected chi connectivity index (χ3v) is 8.36. The minimum atomic E-state index is 0.0267. The molecular weight excluding hydrogens is 460 g/mol. The molecule has 6 heteroatoms. The number of likely N-dealkylation sites (tertiary alicyclic amines) is 1. The lowest BCUT2D eigenvalue weighted by molar-refractivity contribution is 0.0915. The first-order valence-electron chi connectivity index (χ1n) is 13.8. The Bertz CT molecular complexity index is 1250. The predicted octanol–water partition coefficient (Wildman–Crippen LogP) is 6.48. The van der Waals surface area contributed by atoms with Gasteiger partial charge < -0.3 is 9.73 Å². The summed E-state index contributed by atoms with van der Waals surface area (Å²) in [6.45, 7) is 2.32. The maximum Gasteiger partial charge on any atom is 0.251 e. The lowest BCUT2D eigenvalue weighted by Gasteiger charge is -2.37. The van der Waals surface area contributed by atoms with Crippen LogP contribution in [0.4, 0.5) is 0 Å². The van der Waals surface area contributed by atoms with Crippen molar-refractivity contribution in [3.8, 4) is 17.0 Å². The van der Waals surface area contributed by atoms with Crippen LogP contribution in [-0.2, 0) is 0 Å². The van der Waals surface area contributed by atoms with Gasteiger partial charge >= 0.3 is 0 Å². The fraction of sp³-hybridized carbons (Fsp3) is 0.419. The number of fused-ring (bicyclic) bond motifs is 1. The molecule has 0 bridgehead atoms. The SMILES string of the molecule is O=C(NC1CCC(CCN2CCCCC2c2coc3cccc-3c2)CC1)c1ccc(-n2cccn2)cc1. The number of benzene rings is 1. The Morgan fingerprint density at radius 2 is 1.86 bits per heavy atom. The van der Waals surface area contributed by atoms with Crippen molar-refractivity contribution in [1.82, 2.24) is 20.0 Å². The zero-order valence-corrected chi connectivity index (χ0v) is 21.4. The second-order valence-corrected chi connectivity index (χ2v) is 10.8. The Kier molecular flexibility index (Phi) is 7.09.